The molecule has 0 radical (unpaired) electrons. The summed E-state index contributed by atoms with van der Waals surface area (Å²) in [7, 11) is 3.51. The van der Waals surface area contributed by atoms with E-state index in [0.717, 1.165) is 42.9 Å². The summed E-state index contributed by atoms with van der Waals surface area (Å²) in [5.41, 5.74) is 6.07. The molecule has 2 atom stereocenters. The first-order valence-electron chi connectivity index (χ1n) is 10.7. The van der Waals surface area contributed by atoms with Gasteiger partial charge in [0.1, 0.15) is 0 Å². The van der Waals surface area contributed by atoms with Gasteiger partial charge in [-0.15, -0.1) is 0 Å². The molecular weight excluding hydrogens is 382 g/mol. The van der Waals surface area contributed by atoms with Gasteiger partial charge in [0.2, 0.25) is 17.7 Å². The lowest BCUT2D eigenvalue weighted by Crippen LogP contribution is -2.51. The number of carbonyl (C=O) groups is 3. The number of anilines is 2. The first-order chi connectivity index (χ1) is 14.3. The lowest BCUT2D eigenvalue weighted by Gasteiger charge is -2.41. The van der Waals surface area contributed by atoms with Crippen LogP contribution >= 0.6 is 0 Å². The zero-order valence-corrected chi connectivity index (χ0v) is 18.2. The summed E-state index contributed by atoms with van der Waals surface area (Å²) in [5.74, 6) is 0.560. The highest BCUT2D eigenvalue weighted by molar-refractivity contribution is 6.05. The van der Waals surface area contributed by atoms with Crippen LogP contribution in [0.2, 0.25) is 0 Å². The largest absolute Gasteiger partial charge is 0.348 e. The van der Waals surface area contributed by atoms with E-state index in [1.165, 1.54) is 0 Å². The Morgan fingerprint density at radius 2 is 1.87 bits per heavy atom. The smallest absolute Gasteiger partial charge is 0.237 e. The maximum absolute atomic E-state index is 13.0. The summed E-state index contributed by atoms with van der Waals surface area (Å²) in [6.45, 7) is 5.89. The lowest BCUT2D eigenvalue weighted by molar-refractivity contribution is -0.130. The fraction of sp³-hybridized carbons (Fsp3) is 0.591. The van der Waals surface area contributed by atoms with Gasteiger partial charge in [-0.1, -0.05) is 6.07 Å². The molecule has 2 aliphatic heterocycles. The van der Waals surface area contributed by atoms with Gasteiger partial charge in [0.25, 0.3) is 0 Å². The van der Waals surface area contributed by atoms with Gasteiger partial charge in [-0.2, -0.15) is 0 Å². The molecule has 30 heavy (non-hydrogen) atoms. The number of benzene rings is 1. The summed E-state index contributed by atoms with van der Waals surface area (Å²) < 4.78 is 0. The molecule has 8 nitrogen and oxygen atoms in total. The van der Waals surface area contributed by atoms with Crippen molar-refractivity contribution in [3.8, 4) is 0 Å². The third kappa shape index (κ3) is 3.94. The van der Waals surface area contributed by atoms with E-state index in [9.17, 15) is 14.4 Å². The number of rotatable bonds is 4. The Balaban J connectivity index is 1.60. The van der Waals surface area contributed by atoms with Crippen molar-refractivity contribution in [2.24, 2.45) is 5.92 Å². The zero-order chi connectivity index (χ0) is 21.6. The molecule has 1 unspecified atom stereocenters. The number of fused-ring (bicyclic) bond motifs is 1. The summed E-state index contributed by atoms with van der Waals surface area (Å²) >= 11 is 0. The van der Waals surface area contributed by atoms with Gasteiger partial charge in [-0.25, -0.2) is 5.01 Å². The molecule has 8 heteroatoms. The van der Waals surface area contributed by atoms with E-state index in [2.05, 4.69) is 17.6 Å². The standard InChI is InChI=1S/C22H31N5O3/c1-14-11-26(22(30)16-5-6-16)20-9-17(7-8-19(20)27(14)15(2)28)18-10-23-25(12-18)13-21(29)24(3)4/h7-9,14,16,18,23H,5-6,10-13H2,1-4H3/t14-,18?/m0/s1. The molecule has 1 aromatic carbocycles. The second-order valence-electron chi connectivity index (χ2n) is 8.94. The Bertz CT molecular complexity index is 866. The number of likely N-dealkylation sites (N-methyl/N-ethyl adjacent to an activating group) is 1. The Morgan fingerprint density at radius 1 is 1.13 bits per heavy atom. The van der Waals surface area contributed by atoms with Gasteiger partial charge in [0.05, 0.1) is 24.0 Å². The SMILES string of the molecule is CC(=O)N1c2ccc(C3CNN(CC(=O)N(C)C)C3)cc2N(C(=O)C2CC2)C[C@@H]1C. The van der Waals surface area contributed by atoms with Crippen molar-refractivity contribution < 1.29 is 14.4 Å². The van der Waals surface area contributed by atoms with Crippen LogP contribution in [0.1, 0.15) is 38.2 Å². The Kier molecular flexibility index (Phi) is 5.55. The second kappa shape index (κ2) is 8.00. The van der Waals surface area contributed by atoms with E-state index in [-0.39, 0.29) is 35.6 Å². The van der Waals surface area contributed by atoms with Crippen molar-refractivity contribution in [2.75, 3.05) is 50.1 Å². The van der Waals surface area contributed by atoms with Crippen LogP contribution in [0.3, 0.4) is 0 Å². The van der Waals surface area contributed by atoms with Crippen LogP contribution < -0.4 is 15.2 Å². The molecule has 2 heterocycles. The Morgan fingerprint density at radius 3 is 2.50 bits per heavy atom. The lowest BCUT2D eigenvalue weighted by atomic mass is 9.96. The van der Waals surface area contributed by atoms with Crippen LogP contribution in [-0.2, 0) is 14.4 Å². The molecule has 3 aliphatic rings. The molecular formula is C22H31N5O3. The highest BCUT2D eigenvalue weighted by Gasteiger charge is 2.40. The molecule has 1 aliphatic carbocycles. The molecule has 2 fully saturated rings. The molecule has 0 spiro atoms. The third-order valence-corrected chi connectivity index (χ3v) is 6.27. The van der Waals surface area contributed by atoms with E-state index in [1.54, 1.807) is 30.8 Å². The van der Waals surface area contributed by atoms with Crippen LogP contribution in [0.25, 0.3) is 0 Å². The van der Waals surface area contributed by atoms with E-state index in [1.807, 2.05) is 22.9 Å². The molecule has 1 saturated carbocycles. The van der Waals surface area contributed by atoms with E-state index < -0.39 is 0 Å². The van der Waals surface area contributed by atoms with Crippen molar-refractivity contribution in [3.05, 3.63) is 23.8 Å². The van der Waals surface area contributed by atoms with Crippen LogP contribution in [0.4, 0.5) is 11.4 Å². The first-order valence-corrected chi connectivity index (χ1v) is 10.7. The normalized spacial score (nSPS) is 24.0. The monoisotopic (exact) mass is 413 g/mol. The molecule has 1 N–H and O–H groups in total. The van der Waals surface area contributed by atoms with Gasteiger partial charge < -0.3 is 14.7 Å². The molecule has 0 aromatic heterocycles. The summed E-state index contributed by atoms with van der Waals surface area (Å²) in [5, 5.41) is 1.95. The molecule has 0 bridgehead atoms. The highest BCUT2D eigenvalue weighted by atomic mass is 16.2. The van der Waals surface area contributed by atoms with Crippen molar-refractivity contribution in [1.29, 1.82) is 0 Å². The number of carbonyl (C=O) groups excluding carboxylic acids is 3. The van der Waals surface area contributed by atoms with Crippen LogP contribution in [-0.4, -0.2) is 73.9 Å². The number of hydrazine groups is 1. The first kappa shape index (κ1) is 20.8. The second-order valence-corrected chi connectivity index (χ2v) is 8.94. The van der Waals surface area contributed by atoms with Gasteiger partial charge in [0, 0.05) is 52.5 Å². The predicted molar refractivity (Wildman–Crippen MR) is 115 cm³/mol. The molecule has 1 saturated heterocycles. The number of nitrogens with one attached hydrogen (secondary N) is 1. The van der Waals surface area contributed by atoms with Gasteiger partial charge in [0.15, 0.2) is 0 Å². The van der Waals surface area contributed by atoms with Gasteiger partial charge >= 0.3 is 0 Å². The summed E-state index contributed by atoms with van der Waals surface area (Å²) in [4.78, 5) is 42.6. The van der Waals surface area contributed by atoms with Crippen LogP contribution in [0, 0.1) is 5.92 Å². The molecule has 1 aromatic rings. The average molecular weight is 414 g/mol. The molecule has 3 amide bonds. The minimum Gasteiger partial charge on any atom is -0.348 e. The minimum absolute atomic E-state index is 0.00840. The van der Waals surface area contributed by atoms with E-state index in [0.29, 0.717) is 13.1 Å². The maximum atomic E-state index is 13.0. The van der Waals surface area contributed by atoms with Gasteiger partial charge in [-0.3, -0.25) is 19.8 Å². The zero-order valence-electron chi connectivity index (χ0n) is 18.2. The van der Waals surface area contributed by atoms with Crippen molar-refractivity contribution in [2.45, 2.75) is 38.6 Å². The molecule has 162 valence electrons. The Hall–Kier alpha value is -2.45. The summed E-state index contributed by atoms with van der Waals surface area (Å²) in [6, 6.07) is 6.05. The van der Waals surface area contributed by atoms with Crippen molar-refractivity contribution >= 4 is 29.1 Å². The average Bonchev–Trinajstić information content (AvgIpc) is 3.45. The number of hydrogen-bond donors (Lipinski definition) is 1. The quantitative estimate of drug-likeness (QED) is 0.802. The van der Waals surface area contributed by atoms with Gasteiger partial charge in [-0.05, 0) is 37.5 Å². The van der Waals surface area contributed by atoms with Crippen LogP contribution in [0.15, 0.2) is 18.2 Å². The number of amides is 3. The fourth-order valence-corrected chi connectivity index (χ4v) is 4.42. The van der Waals surface area contributed by atoms with Crippen molar-refractivity contribution in [3.63, 3.8) is 0 Å². The fourth-order valence-electron chi connectivity index (χ4n) is 4.42. The van der Waals surface area contributed by atoms with Crippen LogP contribution in [0.5, 0.6) is 0 Å². The maximum Gasteiger partial charge on any atom is 0.237 e. The van der Waals surface area contributed by atoms with Crippen molar-refractivity contribution in [1.82, 2.24) is 15.3 Å². The summed E-state index contributed by atoms with van der Waals surface area (Å²) in [6.07, 6.45) is 1.91. The third-order valence-electron chi connectivity index (χ3n) is 6.27. The number of nitrogens with zero attached hydrogens (tertiary/aromatic N) is 4. The van der Waals surface area contributed by atoms with E-state index >= 15 is 0 Å². The Labute approximate surface area is 177 Å². The molecule has 4 rings (SSSR count). The number of hydrogen-bond acceptors (Lipinski definition) is 5. The predicted octanol–water partition coefficient (Wildman–Crippen LogP) is 1.18. The minimum atomic E-state index is -0.0516. The van der Waals surface area contributed by atoms with E-state index in [4.69, 9.17) is 0 Å². The topological polar surface area (TPSA) is 76.2 Å². The highest BCUT2D eigenvalue weighted by Crippen LogP contribution is 2.41.